The number of furan rings is 1. The van der Waals surface area contributed by atoms with Gasteiger partial charge in [0.1, 0.15) is 11.5 Å². The highest BCUT2D eigenvalue weighted by Gasteiger charge is 2.22. The summed E-state index contributed by atoms with van der Waals surface area (Å²) in [6.07, 6.45) is 1.41. The van der Waals surface area contributed by atoms with Gasteiger partial charge in [0.05, 0.1) is 32.4 Å². The van der Waals surface area contributed by atoms with Gasteiger partial charge in [-0.2, -0.15) is 0 Å². The number of H-pyrrole nitrogens is 1. The summed E-state index contributed by atoms with van der Waals surface area (Å²) in [6, 6.07) is 8.42. The Labute approximate surface area is 182 Å². The zero-order chi connectivity index (χ0) is 21.4. The van der Waals surface area contributed by atoms with Gasteiger partial charge in [0.15, 0.2) is 11.5 Å². The first-order valence-corrected chi connectivity index (χ1v) is 8.87. The van der Waals surface area contributed by atoms with E-state index in [1.165, 1.54) is 33.6 Å². The highest BCUT2D eigenvalue weighted by Crippen LogP contribution is 2.46. The molecule has 162 valence electrons. The van der Waals surface area contributed by atoms with Gasteiger partial charge >= 0.3 is 5.69 Å². The number of nitrogens with one attached hydrogen (secondary N) is 1. The molecule has 0 saturated heterocycles. The number of aromatic nitrogens is 2. The summed E-state index contributed by atoms with van der Waals surface area (Å²) in [5.74, 6) is 1.37. The summed E-state index contributed by atoms with van der Waals surface area (Å²) in [4.78, 5) is 18.1. The van der Waals surface area contributed by atoms with Crippen LogP contribution in [0.15, 0.2) is 45.7 Å². The number of benzene rings is 2. The number of aromatic hydroxyl groups is 1. The molecule has 0 bridgehead atoms. The van der Waals surface area contributed by atoms with Gasteiger partial charge in [0, 0.05) is 17.3 Å². The number of anilines is 1. The molecule has 0 atom stereocenters. The van der Waals surface area contributed by atoms with Crippen LogP contribution in [-0.4, -0.2) is 36.4 Å². The van der Waals surface area contributed by atoms with Crippen molar-refractivity contribution in [3.63, 3.8) is 0 Å². The summed E-state index contributed by atoms with van der Waals surface area (Å²) in [7, 11) is 4.43. The standard InChI is InChI=1S/C21H19N3O6.ClH/c1-27-15-5-4-10(6-13(15)22)18-17(12-9-23-21(26)24-20(12)30-18)11-7-14(25)19(29-3)16(8-11)28-2;/h4-9,25H,22H2,1-3H3,(H,23,24,26);1H. The van der Waals surface area contributed by atoms with E-state index in [9.17, 15) is 9.90 Å². The quantitative estimate of drug-likeness (QED) is 0.397. The number of aromatic amines is 1. The van der Waals surface area contributed by atoms with Gasteiger partial charge in [-0.25, -0.2) is 9.78 Å². The van der Waals surface area contributed by atoms with Gasteiger partial charge in [0.25, 0.3) is 0 Å². The Morgan fingerprint density at radius 3 is 2.42 bits per heavy atom. The summed E-state index contributed by atoms with van der Waals surface area (Å²) >= 11 is 0. The molecule has 0 unspecified atom stereocenters. The Balaban J connectivity index is 0.00000272. The van der Waals surface area contributed by atoms with Gasteiger partial charge < -0.3 is 29.5 Å². The van der Waals surface area contributed by atoms with E-state index in [1.54, 1.807) is 24.3 Å². The molecule has 2 aromatic heterocycles. The number of ether oxygens (including phenoxy) is 3. The van der Waals surface area contributed by atoms with Crippen molar-refractivity contribution in [1.29, 1.82) is 0 Å². The zero-order valence-electron chi connectivity index (χ0n) is 16.9. The van der Waals surface area contributed by atoms with Crippen molar-refractivity contribution < 1.29 is 23.7 Å². The molecule has 0 fully saturated rings. The SMILES string of the molecule is COc1ccc(-c2oc3[nH]c(=O)ncc3c2-c2cc(O)c(OC)c(OC)c2)cc1N.Cl. The Bertz CT molecular complexity index is 1310. The van der Waals surface area contributed by atoms with Gasteiger partial charge in [-0.1, -0.05) is 0 Å². The van der Waals surface area contributed by atoms with Crippen molar-refractivity contribution in [2.45, 2.75) is 0 Å². The van der Waals surface area contributed by atoms with E-state index in [0.717, 1.165) is 0 Å². The van der Waals surface area contributed by atoms with Crippen molar-refractivity contribution in [3.05, 3.63) is 47.0 Å². The van der Waals surface area contributed by atoms with Crippen LogP contribution in [0.1, 0.15) is 0 Å². The summed E-state index contributed by atoms with van der Waals surface area (Å²) < 4.78 is 21.8. The molecule has 0 spiro atoms. The monoisotopic (exact) mass is 445 g/mol. The molecule has 4 N–H and O–H groups in total. The van der Waals surface area contributed by atoms with Crippen molar-refractivity contribution in [3.8, 4) is 45.4 Å². The van der Waals surface area contributed by atoms with E-state index in [0.29, 0.717) is 45.0 Å². The third-order valence-electron chi connectivity index (χ3n) is 4.72. The number of methoxy groups -OCH3 is 3. The minimum atomic E-state index is -0.543. The number of halogens is 1. The Morgan fingerprint density at radius 1 is 1.03 bits per heavy atom. The lowest BCUT2D eigenvalue weighted by Crippen LogP contribution is -2.07. The summed E-state index contributed by atoms with van der Waals surface area (Å²) in [6.45, 7) is 0. The summed E-state index contributed by atoms with van der Waals surface area (Å²) in [5, 5.41) is 11.0. The van der Waals surface area contributed by atoms with Gasteiger partial charge in [-0.3, -0.25) is 4.98 Å². The van der Waals surface area contributed by atoms with Gasteiger partial charge in [-0.05, 0) is 35.9 Å². The number of hydrogen-bond acceptors (Lipinski definition) is 8. The maximum atomic E-state index is 11.7. The Hall–Kier alpha value is -3.85. The number of nitrogen functional groups attached to an aromatic ring is 1. The topological polar surface area (TPSA) is 133 Å². The van der Waals surface area contributed by atoms with E-state index >= 15 is 0 Å². The second kappa shape index (κ2) is 8.49. The number of nitrogens with zero attached hydrogens (tertiary/aromatic N) is 1. The largest absolute Gasteiger partial charge is 0.504 e. The van der Waals surface area contributed by atoms with Crippen LogP contribution in [-0.2, 0) is 0 Å². The number of nitrogens with two attached hydrogens (primary N) is 1. The molecule has 9 nitrogen and oxygen atoms in total. The molecule has 0 saturated carbocycles. The highest BCUT2D eigenvalue weighted by atomic mass is 35.5. The summed E-state index contributed by atoms with van der Waals surface area (Å²) in [5.41, 5.74) is 8.00. The highest BCUT2D eigenvalue weighted by molar-refractivity contribution is 6.01. The minimum absolute atomic E-state index is 0. The normalized spacial score (nSPS) is 10.5. The average Bonchev–Trinajstić information content (AvgIpc) is 3.11. The zero-order valence-corrected chi connectivity index (χ0v) is 17.7. The van der Waals surface area contributed by atoms with E-state index in [-0.39, 0.29) is 29.6 Å². The number of hydrogen-bond donors (Lipinski definition) is 3. The van der Waals surface area contributed by atoms with Gasteiger partial charge in [-0.15, -0.1) is 12.4 Å². The Kier molecular flexibility index (Phi) is 5.98. The van der Waals surface area contributed by atoms with E-state index in [2.05, 4.69) is 9.97 Å². The fourth-order valence-electron chi connectivity index (χ4n) is 3.37. The molecule has 10 heteroatoms. The van der Waals surface area contributed by atoms with Crippen molar-refractivity contribution in [2.75, 3.05) is 27.1 Å². The van der Waals surface area contributed by atoms with Crippen molar-refractivity contribution >= 4 is 29.2 Å². The maximum absolute atomic E-state index is 11.7. The van der Waals surface area contributed by atoms with E-state index in [1.807, 2.05) is 0 Å². The molecule has 0 radical (unpaired) electrons. The number of rotatable bonds is 5. The molecule has 0 aliphatic rings. The van der Waals surface area contributed by atoms with E-state index in [4.69, 9.17) is 24.4 Å². The molecular weight excluding hydrogens is 426 g/mol. The molecule has 4 aromatic rings. The smallest absolute Gasteiger partial charge is 0.347 e. The molecule has 0 amide bonds. The third-order valence-corrected chi connectivity index (χ3v) is 4.72. The second-order valence-electron chi connectivity index (χ2n) is 6.42. The lowest BCUT2D eigenvalue weighted by atomic mass is 9.98. The van der Waals surface area contributed by atoms with Crippen LogP contribution in [0.3, 0.4) is 0 Å². The molecule has 4 rings (SSSR count). The van der Waals surface area contributed by atoms with Crippen LogP contribution < -0.4 is 25.6 Å². The first-order valence-electron chi connectivity index (χ1n) is 8.87. The molecule has 0 aliphatic carbocycles. The van der Waals surface area contributed by atoms with Crippen LogP contribution in [0, 0.1) is 0 Å². The molecule has 0 aliphatic heterocycles. The lowest BCUT2D eigenvalue weighted by Gasteiger charge is -2.12. The van der Waals surface area contributed by atoms with Gasteiger partial charge in [0.2, 0.25) is 11.5 Å². The molecule has 2 aromatic carbocycles. The maximum Gasteiger partial charge on any atom is 0.347 e. The predicted octanol–water partition coefficient (Wildman–Crippen LogP) is 3.59. The van der Waals surface area contributed by atoms with Crippen LogP contribution in [0.4, 0.5) is 5.69 Å². The van der Waals surface area contributed by atoms with E-state index < -0.39 is 5.69 Å². The molecule has 31 heavy (non-hydrogen) atoms. The molecular formula is C21H20ClN3O6. The van der Waals surface area contributed by atoms with Crippen LogP contribution >= 0.6 is 12.4 Å². The van der Waals surface area contributed by atoms with Crippen LogP contribution in [0.25, 0.3) is 33.6 Å². The van der Waals surface area contributed by atoms with Crippen LogP contribution in [0.2, 0.25) is 0 Å². The first kappa shape index (κ1) is 21.8. The first-order chi connectivity index (χ1) is 14.5. The predicted molar refractivity (Wildman–Crippen MR) is 118 cm³/mol. The minimum Gasteiger partial charge on any atom is -0.504 e. The number of fused-ring (bicyclic) bond motifs is 1. The second-order valence-corrected chi connectivity index (χ2v) is 6.42. The number of phenols is 1. The van der Waals surface area contributed by atoms with Crippen molar-refractivity contribution in [2.24, 2.45) is 0 Å². The Morgan fingerprint density at radius 2 is 1.77 bits per heavy atom. The fraction of sp³-hybridized carbons (Fsp3) is 0.143. The molecule has 2 heterocycles. The number of phenolic OH excluding ortho intramolecular Hbond substituents is 1. The van der Waals surface area contributed by atoms with Crippen molar-refractivity contribution in [1.82, 2.24) is 9.97 Å². The average molecular weight is 446 g/mol. The third kappa shape index (κ3) is 3.71. The van der Waals surface area contributed by atoms with Crippen LogP contribution in [0.5, 0.6) is 23.0 Å². The fourth-order valence-corrected chi connectivity index (χ4v) is 3.37. The lowest BCUT2D eigenvalue weighted by molar-refractivity contribution is 0.333.